The highest BCUT2D eigenvalue weighted by Gasteiger charge is 2.19. The molecule has 0 unspecified atom stereocenters. The lowest BCUT2D eigenvalue weighted by Crippen LogP contribution is -2.05. The van der Waals surface area contributed by atoms with Gasteiger partial charge in [-0.3, -0.25) is 0 Å². The van der Waals surface area contributed by atoms with Gasteiger partial charge in [0.2, 0.25) is 0 Å². The van der Waals surface area contributed by atoms with Gasteiger partial charge in [-0.2, -0.15) is 0 Å². The van der Waals surface area contributed by atoms with E-state index in [1.807, 2.05) is 0 Å². The Balaban J connectivity index is 2.56. The minimum Gasteiger partial charge on any atom is -0.476 e. The summed E-state index contributed by atoms with van der Waals surface area (Å²) < 4.78 is 0. The van der Waals surface area contributed by atoms with Crippen LogP contribution in [0.5, 0.6) is 0 Å². The molecular weight excluding hydrogens is 160 g/mol. The maximum absolute atomic E-state index is 10.6. The molecule has 62 valence electrons. The predicted molar refractivity (Wildman–Crippen MR) is 41.1 cm³/mol. The molecule has 0 fully saturated rings. The average Bonchev–Trinajstić information content (AvgIpc) is 2.49. The van der Waals surface area contributed by atoms with Crippen LogP contribution in [0.15, 0.2) is 6.33 Å². The Morgan fingerprint density at radius 2 is 2.33 bits per heavy atom. The van der Waals surface area contributed by atoms with Crippen LogP contribution in [0, 0.1) is 0 Å². The number of carboxylic acid groups (broad SMARTS) is 1. The molecule has 0 amide bonds. The fourth-order valence-corrected chi connectivity index (χ4v) is 1.07. The van der Waals surface area contributed by atoms with Gasteiger partial charge in [-0.15, -0.1) is 0 Å². The van der Waals surface area contributed by atoms with Gasteiger partial charge in [0, 0.05) is 0 Å². The standard InChI is InChI=1S/C6H6N4O2/c11-6(12)4-3-5(9-1-7-3)10-2-8-4/h2,7H,1H2,(H,11,12)(H,8,9,10). The van der Waals surface area contributed by atoms with Crippen molar-refractivity contribution < 1.29 is 9.90 Å². The van der Waals surface area contributed by atoms with Gasteiger partial charge in [0.1, 0.15) is 12.0 Å². The quantitative estimate of drug-likeness (QED) is 0.543. The van der Waals surface area contributed by atoms with E-state index in [1.54, 1.807) is 0 Å². The normalized spacial score (nSPS) is 13.0. The number of hydrogen-bond donors (Lipinski definition) is 3. The van der Waals surface area contributed by atoms with Crippen molar-refractivity contribution in [2.45, 2.75) is 0 Å². The van der Waals surface area contributed by atoms with Crippen LogP contribution in [0.2, 0.25) is 0 Å². The number of nitrogens with zero attached hydrogens (tertiary/aromatic N) is 2. The molecule has 0 aromatic carbocycles. The van der Waals surface area contributed by atoms with E-state index >= 15 is 0 Å². The summed E-state index contributed by atoms with van der Waals surface area (Å²) in [5, 5.41) is 14.4. The third-order valence-corrected chi connectivity index (χ3v) is 1.57. The molecule has 2 heterocycles. The molecule has 6 nitrogen and oxygen atoms in total. The predicted octanol–water partition coefficient (Wildman–Crippen LogP) is -0.0303. The summed E-state index contributed by atoms with van der Waals surface area (Å²) in [7, 11) is 0. The van der Waals surface area contributed by atoms with E-state index in [2.05, 4.69) is 20.6 Å². The highest BCUT2D eigenvalue weighted by molar-refractivity contribution is 5.95. The number of fused-ring (bicyclic) bond motifs is 1. The molecule has 1 aliphatic heterocycles. The fraction of sp³-hybridized carbons (Fsp3) is 0.167. The molecule has 0 saturated carbocycles. The van der Waals surface area contributed by atoms with Gasteiger partial charge in [0.05, 0.1) is 6.67 Å². The first-order valence-corrected chi connectivity index (χ1v) is 3.35. The number of carboxylic acids is 1. The van der Waals surface area contributed by atoms with E-state index in [-0.39, 0.29) is 5.69 Å². The third kappa shape index (κ3) is 0.849. The number of aromatic nitrogens is 2. The first kappa shape index (κ1) is 6.84. The van der Waals surface area contributed by atoms with Crippen molar-refractivity contribution in [3.8, 4) is 0 Å². The molecule has 12 heavy (non-hydrogen) atoms. The summed E-state index contributed by atoms with van der Waals surface area (Å²) in [6.07, 6.45) is 1.22. The molecule has 0 bridgehead atoms. The van der Waals surface area contributed by atoms with Crippen LogP contribution in [0.25, 0.3) is 0 Å². The van der Waals surface area contributed by atoms with Gasteiger partial charge in [0.25, 0.3) is 0 Å². The lowest BCUT2D eigenvalue weighted by molar-refractivity contribution is 0.0691. The van der Waals surface area contributed by atoms with Crippen LogP contribution < -0.4 is 10.6 Å². The molecule has 0 aliphatic carbocycles. The zero-order valence-corrected chi connectivity index (χ0v) is 6.03. The van der Waals surface area contributed by atoms with Crippen molar-refractivity contribution in [1.82, 2.24) is 9.97 Å². The second kappa shape index (κ2) is 2.33. The van der Waals surface area contributed by atoms with Crippen LogP contribution in [0.3, 0.4) is 0 Å². The summed E-state index contributed by atoms with van der Waals surface area (Å²) in [4.78, 5) is 18.1. The van der Waals surface area contributed by atoms with E-state index in [0.29, 0.717) is 18.2 Å². The molecule has 1 aromatic heterocycles. The molecule has 1 aromatic rings. The maximum atomic E-state index is 10.6. The maximum Gasteiger partial charge on any atom is 0.356 e. The third-order valence-electron chi connectivity index (χ3n) is 1.57. The molecule has 6 heteroatoms. The minimum atomic E-state index is -1.05. The zero-order valence-electron chi connectivity index (χ0n) is 6.03. The van der Waals surface area contributed by atoms with Crippen molar-refractivity contribution in [3.63, 3.8) is 0 Å². The summed E-state index contributed by atoms with van der Waals surface area (Å²) in [6, 6.07) is 0. The van der Waals surface area contributed by atoms with E-state index in [9.17, 15) is 4.79 Å². The number of nitrogens with one attached hydrogen (secondary N) is 2. The Kier molecular flexibility index (Phi) is 1.33. The van der Waals surface area contributed by atoms with E-state index in [0.717, 1.165) is 0 Å². The highest BCUT2D eigenvalue weighted by atomic mass is 16.4. The van der Waals surface area contributed by atoms with Crippen LogP contribution in [-0.4, -0.2) is 27.7 Å². The van der Waals surface area contributed by atoms with Gasteiger partial charge in [0.15, 0.2) is 11.5 Å². The van der Waals surface area contributed by atoms with Gasteiger partial charge >= 0.3 is 5.97 Å². The Morgan fingerprint density at radius 3 is 3.08 bits per heavy atom. The van der Waals surface area contributed by atoms with Crippen molar-refractivity contribution in [1.29, 1.82) is 0 Å². The van der Waals surface area contributed by atoms with E-state index in [1.165, 1.54) is 6.33 Å². The van der Waals surface area contributed by atoms with Gasteiger partial charge in [-0.25, -0.2) is 14.8 Å². The molecule has 2 rings (SSSR count). The van der Waals surface area contributed by atoms with Gasteiger partial charge in [-0.1, -0.05) is 0 Å². The minimum absolute atomic E-state index is 0.00463. The Bertz CT molecular complexity index is 338. The number of hydrogen-bond acceptors (Lipinski definition) is 5. The van der Waals surface area contributed by atoms with Crippen molar-refractivity contribution in [3.05, 3.63) is 12.0 Å². The monoisotopic (exact) mass is 166 g/mol. The number of rotatable bonds is 1. The Morgan fingerprint density at radius 1 is 1.50 bits per heavy atom. The van der Waals surface area contributed by atoms with Gasteiger partial charge < -0.3 is 15.7 Å². The Labute approximate surface area is 67.7 Å². The first-order valence-electron chi connectivity index (χ1n) is 3.35. The van der Waals surface area contributed by atoms with Crippen LogP contribution in [0.4, 0.5) is 11.5 Å². The number of carbonyl (C=O) groups is 1. The molecule has 0 spiro atoms. The highest BCUT2D eigenvalue weighted by Crippen LogP contribution is 2.25. The molecule has 0 saturated heterocycles. The van der Waals surface area contributed by atoms with E-state index < -0.39 is 5.97 Å². The summed E-state index contributed by atoms with van der Waals surface area (Å²) in [6.45, 7) is 0.494. The molecule has 3 N–H and O–H groups in total. The number of anilines is 2. The number of aromatic carboxylic acids is 1. The van der Waals surface area contributed by atoms with Crippen LogP contribution in [0.1, 0.15) is 10.5 Å². The lowest BCUT2D eigenvalue weighted by Gasteiger charge is -1.99. The molecule has 0 radical (unpaired) electrons. The molecule has 0 atom stereocenters. The van der Waals surface area contributed by atoms with Crippen LogP contribution >= 0.6 is 0 Å². The SMILES string of the molecule is O=C(O)c1ncnc2c1NCN2. The van der Waals surface area contributed by atoms with Crippen LogP contribution in [-0.2, 0) is 0 Å². The molecular formula is C6H6N4O2. The van der Waals surface area contributed by atoms with Crippen molar-refractivity contribution in [2.24, 2.45) is 0 Å². The second-order valence-corrected chi connectivity index (χ2v) is 2.28. The lowest BCUT2D eigenvalue weighted by atomic mass is 10.3. The topological polar surface area (TPSA) is 87.1 Å². The van der Waals surface area contributed by atoms with Gasteiger partial charge in [-0.05, 0) is 0 Å². The summed E-state index contributed by atoms with van der Waals surface area (Å²) >= 11 is 0. The molecule has 1 aliphatic rings. The van der Waals surface area contributed by atoms with Crippen molar-refractivity contribution in [2.75, 3.05) is 17.3 Å². The Hall–Kier alpha value is -1.85. The summed E-state index contributed by atoms with van der Waals surface area (Å²) in [5.74, 6) is -0.507. The average molecular weight is 166 g/mol. The summed E-state index contributed by atoms with van der Waals surface area (Å²) in [5.41, 5.74) is 0.468. The smallest absolute Gasteiger partial charge is 0.356 e. The largest absolute Gasteiger partial charge is 0.476 e. The first-order chi connectivity index (χ1) is 5.79. The zero-order chi connectivity index (χ0) is 8.55. The van der Waals surface area contributed by atoms with E-state index in [4.69, 9.17) is 5.11 Å². The van der Waals surface area contributed by atoms with Crippen molar-refractivity contribution >= 4 is 17.5 Å². The fourth-order valence-electron chi connectivity index (χ4n) is 1.07. The second-order valence-electron chi connectivity index (χ2n) is 2.28.